The van der Waals surface area contributed by atoms with Gasteiger partial charge in [0.25, 0.3) is 0 Å². The first-order valence-electron chi connectivity index (χ1n) is 7.90. The second-order valence-electron chi connectivity index (χ2n) is 5.70. The standard InChI is InChI=1S/C22H16ClN/c23-19-11-12-22-20(15-19)21(18-9-5-2-6-10-18)16-24(22)14-13-17-7-3-1-4-8-17/h1-16H/b14-13+. The van der Waals surface area contributed by atoms with Crippen molar-refractivity contribution in [1.29, 1.82) is 0 Å². The van der Waals surface area contributed by atoms with Crippen LogP contribution < -0.4 is 0 Å². The smallest absolute Gasteiger partial charge is 0.0529 e. The van der Waals surface area contributed by atoms with Crippen LogP contribution >= 0.6 is 11.6 Å². The van der Waals surface area contributed by atoms with E-state index in [1.807, 2.05) is 36.4 Å². The van der Waals surface area contributed by atoms with Crippen LogP contribution in [0.2, 0.25) is 5.02 Å². The zero-order valence-electron chi connectivity index (χ0n) is 13.1. The molecule has 1 heterocycles. The highest BCUT2D eigenvalue weighted by atomic mass is 35.5. The molecule has 0 saturated heterocycles. The van der Waals surface area contributed by atoms with Crippen LogP contribution in [0.25, 0.3) is 34.3 Å². The van der Waals surface area contributed by atoms with E-state index in [1.165, 1.54) is 16.7 Å². The van der Waals surface area contributed by atoms with Crippen LogP contribution in [-0.2, 0) is 0 Å². The molecule has 0 saturated carbocycles. The Balaban J connectivity index is 1.86. The summed E-state index contributed by atoms with van der Waals surface area (Å²) in [4.78, 5) is 0. The van der Waals surface area contributed by atoms with Gasteiger partial charge in [0, 0.05) is 28.4 Å². The van der Waals surface area contributed by atoms with E-state index in [0.717, 1.165) is 15.9 Å². The largest absolute Gasteiger partial charge is 0.323 e. The third-order valence-corrected chi connectivity index (χ3v) is 4.34. The minimum Gasteiger partial charge on any atom is -0.323 e. The molecule has 2 heteroatoms. The molecule has 1 aromatic heterocycles. The second-order valence-corrected chi connectivity index (χ2v) is 6.14. The van der Waals surface area contributed by atoms with Gasteiger partial charge in [-0.15, -0.1) is 0 Å². The SMILES string of the molecule is Clc1ccc2c(c1)c(-c1ccccc1)cn2/C=C/c1ccccc1. The van der Waals surface area contributed by atoms with Gasteiger partial charge in [-0.3, -0.25) is 0 Å². The van der Waals surface area contributed by atoms with Gasteiger partial charge >= 0.3 is 0 Å². The molecule has 0 fully saturated rings. The number of hydrogen-bond donors (Lipinski definition) is 0. The molecule has 1 nitrogen and oxygen atoms in total. The summed E-state index contributed by atoms with van der Waals surface area (Å²) in [7, 11) is 0. The molecule has 0 radical (unpaired) electrons. The number of aromatic nitrogens is 1. The van der Waals surface area contributed by atoms with Gasteiger partial charge in [0.15, 0.2) is 0 Å². The lowest BCUT2D eigenvalue weighted by molar-refractivity contribution is 1.23. The first-order valence-corrected chi connectivity index (χ1v) is 8.28. The number of benzene rings is 3. The number of halogens is 1. The van der Waals surface area contributed by atoms with E-state index in [2.05, 4.69) is 65.5 Å². The summed E-state index contributed by atoms with van der Waals surface area (Å²) in [5.74, 6) is 0. The summed E-state index contributed by atoms with van der Waals surface area (Å²) >= 11 is 6.23. The zero-order valence-corrected chi connectivity index (χ0v) is 13.8. The van der Waals surface area contributed by atoms with Crippen molar-refractivity contribution in [3.05, 3.63) is 95.6 Å². The molecule has 3 aromatic carbocycles. The van der Waals surface area contributed by atoms with Crippen molar-refractivity contribution in [3.8, 4) is 11.1 Å². The topological polar surface area (TPSA) is 4.93 Å². The summed E-state index contributed by atoms with van der Waals surface area (Å²) in [5, 5.41) is 1.91. The molecule has 0 bridgehead atoms. The number of hydrogen-bond acceptors (Lipinski definition) is 0. The Morgan fingerprint density at radius 3 is 2.25 bits per heavy atom. The van der Waals surface area contributed by atoms with Crippen LogP contribution in [0, 0.1) is 0 Å². The third-order valence-electron chi connectivity index (χ3n) is 4.11. The van der Waals surface area contributed by atoms with Crippen LogP contribution in [-0.4, -0.2) is 4.57 Å². The minimum absolute atomic E-state index is 0.754. The normalized spacial score (nSPS) is 11.4. The van der Waals surface area contributed by atoms with Gasteiger partial charge in [-0.2, -0.15) is 0 Å². The first kappa shape index (κ1) is 14.8. The van der Waals surface area contributed by atoms with Gasteiger partial charge in [-0.1, -0.05) is 72.3 Å². The van der Waals surface area contributed by atoms with E-state index < -0.39 is 0 Å². The zero-order chi connectivity index (χ0) is 16.4. The maximum absolute atomic E-state index is 6.23. The third kappa shape index (κ3) is 2.86. The van der Waals surface area contributed by atoms with Gasteiger partial charge < -0.3 is 4.57 Å². The maximum Gasteiger partial charge on any atom is 0.0529 e. The van der Waals surface area contributed by atoms with Crippen LogP contribution in [0.4, 0.5) is 0 Å². The van der Waals surface area contributed by atoms with E-state index >= 15 is 0 Å². The van der Waals surface area contributed by atoms with Crippen molar-refractivity contribution in [1.82, 2.24) is 4.57 Å². The molecule has 4 rings (SSSR count). The Kier molecular flexibility index (Phi) is 3.94. The fourth-order valence-electron chi connectivity index (χ4n) is 2.93. The summed E-state index contributed by atoms with van der Waals surface area (Å²) in [6.07, 6.45) is 6.37. The second kappa shape index (κ2) is 6.38. The predicted octanol–water partition coefficient (Wildman–Crippen LogP) is 6.59. The van der Waals surface area contributed by atoms with Crippen LogP contribution in [0.15, 0.2) is 85.1 Å². The van der Waals surface area contributed by atoms with E-state index in [9.17, 15) is 0 Å². The monoisotopic (exact) mass is 329 g/mol. The summed E-state index contributed by atoms with van der Waals surface area (Å²) < 4.78 is 2.15. The molecule has 0 spiro atoms. The number of nitrogens with zero attached hydrogens (tertiary/aromatic N) is 1. The molecule has 0 unspecified atom stereocenters. The molecule has 0 aliphatic carbocycles. The maximum atomic E-state index is 6.23. The molecule has 116 valence electrons. The summed E-state index contributed by atoms with van der Waals surface area (Å²) in [6.45, 7) is 0. The summed E-state index contributed by atoms with van der Waals surface area (Å²) in [5.41, 5.74) is 4.70. The van der Waals surface area contributed by atoms with Crippen molar-refractivity contribution in [2.75, 3.05) is 0 Å². The average Bonchev–Trinajstić information content (AvgIpc) is 2.99. The van der Waals surface area contributed by atoms with Gasteiger partial charge in [0.2, 0.25) is 0 Å². The lowest BCUT2D eigenvalue weighted by Gasteiger charge is -1.99. The Labute approximate surface area is 146 Å². The fraction of sp³-hybridized carbons (Fsp3) is 0. The van der Waals surface area contributed by atoms with Gasteiger partial charge in [-0.05, 0) is 35.4 Å². The van der Waals surface area contributed by atoms with E-state index in [0.29, 0.717) is 0 Å². The summed E-state index contributed by atoms with van der Waals surface area (Å²) in [6, 6.07) is 26.7. The van der Waals surface area contributed by atoms with Gasteiger partial charge in [0.05, 0.1) is 5.52 Å². The molecule has 0 aliphatic rings. The molecular weight excluding hydrogens is 314 g/mol. The fourth-order valence-corrected chi connectivity index (χ4v) is 3.10. The molecular formula is C22H16ClN. The molecule has 0 atom stereocenters. The van der Waals surface area contributed by atoms with Crippen molar-refractivity contribution in [2.45, 2.75) is 0 Å². The van der Waals surface area contributed by atoms with Crippen molar-refractivity contribution in [2.24, 2.45) is 0 Å². The van der Waals surface area contributed by atoms with E-state index in [4.69, 9.17) is 11.6 Å². The Morgan fingerprint density at radius 2 is 1.50 bits per heavy atom. The van der Waals surface area contributed by atoms with Crippen LogP contribution in [0.1, 0.15) is 5.56 Å². The number of rotatable bonds is 3. The lowest BCUT2D eigenvalue weighted by Crippen LogP contribution is -1.82. The minimum atomic E-state index is 0.754. The molecule has 0 N–H and O–H groups in total. The van der Waals surface area contributed by atoms with E-state index in [-0.39, 0.29) is 0 Å². The first-order chi connectivity index (χ1) is 11.8. The molecule has 24 heavy (non-hydrogen) atoms. The van der Waals surface area contributed by atoms with Crippen molar-refractivity contribution < 1.29 is 0 Å². The quantitative estimate of drug-likeness (QED) is 0.399. The Bertz CT molecular complexity index is 998. The Morgan fingerprint density at radius 1 is 0.792 bits per heavy atom. The average molecular weight is 330 g/mol. The van der Waals surface area contributed by atoms with E-state index in [1.54, 1.807) is 0 Å². The van der Waals surface area contributed by atoms with Crippen molar-refractivity contribution >= 4 is 34.8 Å². The van der Waals surface area contributed by atoms with Gasteiger partial charge in [-0.25, -0.2) is 0 Å². The highest BCUT2D eigenvalue weighted by Crippen LogP contribution is 2.32. The highest BCUT2D eigenvalue weighted by molar-refractivity contribution is 6.31. The van der Waals surface area contributed by atoms with Crippen LogP contribution in [0.5, 0.6) is 0 Å². The van der Waals surface area contributed by atoms with Crippen molar-refractivity contribution in [3.63, 3.8) is 0 Å². The number of fused-ring (bicyclic) bond motifs is 1. The Hall–Kier alpha value is -2.77. The molecule has 0 amide bonds. The highest BCUT2D eigenvalue weighted by Gasteiger charge is 2.09. The molecule has 4 aromatic rings. The lowest BCUT2D eigenvalue weighted by atomic mass is 10.1. The van der Waals surface area contributed by atoms with Gasteiger partial charge in [0.1, 0.15) is 0 Å². The molecule has 0 aliphatic heterocycles. The predicted molar refractivity (Wildman–Crippen MR) is 104 cm³/mol. The van der Waals surface area contributed by atoms with Crippen LogP contribution in [0.3, 0.4) is 0 Å².